The van der Waals surface area contributed by atoms with Gasteiger partial charge in [-0.3, -0.25) is 4.79 Å². The first kappa shape index (κ1) is 20.1. The highest BCUT2D eigenvalue weighted by atomic mass is 16.6. The summed E-state index contributed by atoms with van der Waals surface area (Å²) in [6, 6.07) is 15.0. The van der Waals surface area contributed by atoms with E-state index in [1.54, 1.807) is 9.80 Å². The molecule has 0 saturated carbocycles. The van der Waals surface area contributed by atoms with E-state index < -0.39 is 0 Å². The summed E-state index contributed by atoms with van der Waals surface area (Å²) >= 11 is 0. The maximum absolute atomic E-state index is 12.9. The third-order valence-electron chi connectivity index (χ3n) is 5.37. The molecule has 30 heavy (non-hydrogen) atoms. The zero-order valence-electron chi connectivity index (χ0n) is 17.3. The maximum Gasteiger partial charge on any atom is 0.318 e. The molecule has 0 radical (unpaired) electrons. The number of urea groups is 1. The van der Waals surface area contributed by atoms with Gasteiger partial charge in [0.25, 0.3) is 0 Å². The van der Waals surface area contributed by atoms with Crippen molar-refractivity contribution < 1.29 is 19.1 Å². The lowest BCUT2D eigenvalue weighted by Crippen LogP contribution is -2.48. The molecule has 3 amide bonds. The van der Waals surface area contributed by atoms with Crippen molar-refractivity contribution in [3.8, 4) is 11.5 Å². The Kier molecular flexibility index (Phi) is 5.79. The van der Waals surface area contributed by atoms with E-state index in [1.165, 1.54) is 0 Å². The number of hydrogen-bond acceptors (Lipinski definition) is 4. The van der Waals surface area contributed by atoms with E-state index in [0.29, 0.717) is 37.8 Å². The second-order valence-electron chi connectivity index (χ2n) is 7.89. The van der Waals surface area contributed by atoms with E-state index >= 15 is 0 Å². The van der Waals surface area contributed by atoms with E-state index in [1.807, 2.05) is 62.4 Å². The lowest BCUT2D eigenvalue weighted by atomic mass is 10.2. The summed E-state index contributed by atoms with van der Waals surface area (Å²) in [6.45, 7) is 5.96. The largest absolute Gasteiger partial charge is 0.486 e. The van der Waals surface area contributed by atoms with Crippen LogP contribution in [-0.2, 0) is 11.3 Å². The number of nitrogens with zero attached hydrogens (tertiary/aromatic N) is 2. The zero-order valence-corrected chi connectivity index (χ0v) is 17.3. The highest BCUT2D eigenvalue weighted by molar-refractivity contribution is 5.97. The van der Waals surface area contributed by atoms with E-state index in [4.69, 9.17) is 9.47 Å². The molecule has 158 valence electrons. The van der Waals surface area contributed by atoms with Crippen LogP contribution in [0.4, 0.5) is 10.5 Å². The molecule has 0 aliphatic carbocycles. The Labute approximate surface area is 176 Å². The van der Waals surface area contributed by atoms with Crippen LogP contribution >= 0.6 is 0 Å². The molecule has 1 saturated heterocycles. The third kappa shape index (κ3) is 4.35. The van der Waals surface area contributed by atoms with Crippen molar-refractivity contribution in [3.05, 3.63) is 54.1 Å². The van der Waals surface area contributed by atoms with Crippen LogP contribution < -0.4 is 19.7 Å². The number of amides is 3. The third-order valence-corrected chi connectivity index (χ3v) is 5.37. The van der Waals surface area contributed by atoms with Gasteiger partial charge in [-0.1, -0.05) is 30.3 Å². The van der Waals surface area contributed by atoms with Crippen LogP contribution in [0.25, 0.3) is 0 Å². The predicted molar refractivity (Wildman–Crippen MR) is 114 cm³/mol. The van der Waals surface area contributed by atoms with Crippen LogP contribution in [0.3, 0.4) is 0 Å². The molecule has 7 nitrogen and oxygen atoms in total. The van der Waals surface area contributed by atoms with Gasteiger partial charge in [0.2, 0.25) is 5.91 Å². The van der Waals surface area contributed by atoms with Gasteiger partial charge in [-0.15, -0.1) is 0 Å². The second kappa shape index (κ2) is 8.65. The average molecular weight is 409 g/mol. The Morgan fingerprint density at radius 3 is 2.60 bits per heavy atom. The van der Waals surface area contributed by atoms with E-state index in [9.17, 15) is 9.59 Å². The second-order valence-corrected chi connectivity index (χ2v) is 7.89. The Bertz CT molecular complexity index is 916. The fourth-order valence-corrected chi connectivity index (χ4v) is 3.78. The Balaban J connectivity index is 1.41. The van der Waals surface area contributed by atoms with Gasteiger partial charge in [0, 0.05) is 37.3 Å². The van der Waals surface area contributed by atoms with Crippen LogP contribution in [0.5, 0.6) is 11.5 Å². The van der Waals surface area contributed by atoms with Crippen LogP contribution in [0.2, 0.25) is 0 Å². The summed E-state index contributed by atoms with van der Waals surface area (Å²) in [6.07, 6.45) is 0.275. The number of carbonyl (C=O) groups excluding carboxylic acids is 2. The van der Waals surface area contributed by atoms with Gasteiger partial charge >= 0.3 is 6.03 Å². The number of fused-ring (bicyclic) bond motifs is 1. The maximum atomic E-state index is 12.9. The van der Waals surface area contributed by atoms with Crippen LogP contribution in [0, 0.1) is 0 Å². The zero-order chi connectivity index (χ0) is 21.1. The van der Waals surface area contributed by atoms with Crippen LogP contribution in [0.1, 0.15) is 25.8 Å². The van der Waals surface area contributed by atoms with Crippen molar-refractivity contribution in [1.82, 2.24) is 10.2 Å². The van der Waals surface area contributed by atoms with Crippen LogP contribution in [-0.4, -0.2) is 48.7 Å². The highest BCUT2D eigenvalue weighted by Crippen LogP contribution is 2.35. The molecule has 7 heteroatoms. The molecule has 1 atom stereocenters. The van der Waals surface area contributed by atoms with E-state index in [0.717, 1.165) is 11.3 Å². The van der Waals surface area contributed by atoms with Gasteiger partial charge in [-0.05, 0) is 31.5 Å². The number of ether oxygens (including phenoxy) is 2. The quantitative estimate of drug-likeness (QED) is 0.823. The van der Waals surface area contributed by atoms with Crippen molar-refractivity contribution in [2.24, 2.45) is 0 Å². The minimum Gasteiger partial charge on any atom is -0.486 e. The van der Waals surface area contributed by atoms with Crippen molar-refractivity contribution in [2.45, 2.75) is 38.9 Å². The molecule has 2 aliphatic rings. The lowest BCUT2D eigenvalue weighted by Gasteiger charge is -2.28. The number of nitrogens with one attached hydrogen (secondary N) is 1. The topological polar surface area (TPSA) is 71.1 Å². The molecule has 0 aromatic heterocycles. The number of anilines is 1. The number of carbonyl (C=O) groups is 2. The van der Waals surface area contributed by atoms with Crippen LogP contribution in [0.15, 0.2) is 48.5 Å². The summed E-state index contributed by atoms with van der Waals surface area (Å²) in [5.74, 6) is 1.32. The highest BCUT2D eigenvalue weighted by Gasteiger charge is 2.33. The van der Waals surface area contributed by atoms with E-state index in [2.05, 4.69) is 5.32 Å². The Morgan fingerprint density at radius 2 is 1.87 bits per heavy atom. The molecule has 0 unspecified atom stereocenters. The summed E-state index contributed by atoms with van der Waals surface area (Å²) in [7, 11) is 0. The molecular weight excluding hydrogens is 382 g/mol. The summed E-state index contributed by atoms with van der Waals surface area (Å²) in [4.78, 5) is 29.0. The SMILES string of the molecule is CC(C)N(Cc1ccccc1)C(=O)N[C@@H]1CC(=O)N(c2ccc3c(c2)OCCO3)C1. The van der Waals surface area contributed by atoms with Gasteiger partial charge in [0.05, 0.1) is 6.04 Å². The predicted octanol–water partition coefficient (Wildman–Crippen LogP) is 3.18. The fourth-order valence-electron chi connectivity index (χ4n) is 3.78. The molecule has 0 spiro atoms. The first-order valence-electron chi connectivity index (χ1n) is 10.3. The number of benzene rings is 2. The van der Waals surface area contributed by atoms with Gasteiger partial charge in [-0.25, -0.2) is 4.79 Å². The Hall–Kier alpha value is -3.22. The van der Waals surface area contributed by atoms with Gasteiger partial charge < -0.3 is 24.6 Å². The van der Waals surface area contributed by atoms with Gasteiger partial charge in [-0.2, -0.15) is 0 Å². The molecule has 1 N–H and O–H groups in total. The number of rotatable bonds is 5. The molecule has 2 aromatic rings. The van der Waals surface area contributed by atoms with Crippen molar-refractivity contribution in [1.29, 1.82) is 0 Å². The summed E-state index contributed by atoms with van der Waals surface area (Å²) in [5.41, 5.74) is 1.83. The lowest BCUT2D eigenvalue weighted by molar-refractivity contribution is -0.117. The average Bonchev–Trinajstić information content (AvgIpc) is 3.12. The summed E-state index contributed by atoms with van der Waals surface area (Å²) < 4.78 is 11.2. The molecule has 2 aliphatic heterocycles. The summed E-state index contributed by atoms with van der Waals surface area (Å²) in [5, 5.41) is 3.04. The monoisotopic (exact) mass is 409 g/mol. The standard InChI is InChI=1S/C23H27N3O4/c1-16(2)25(14-17-6-4-3-5-7-17)23(28)24-18-12-22(27)26(15-18)19-8-9-20-21(13-19)30-11-10-29-20/h3-9,13,16,18H,10-12,14-15H2,1-2H3,(H,24,28)/t18-/m1/s1. The minimum absolute atomic E-state index is 0.0175. The molecule has 4 rings (SSSR count). The minimum atomic E-state index is -0.241. The molecule has 1 fully saturated rings. The molecular formula is C23H27N3O4. The molecule has 0 bridgehead atoms. The fraction of sp³-hybridized carbons (Fsp3) is 0.391. The molecule has 2 heterocycles. The first-order valence-corrected chi connectivity index (χ1v) is 10.3. The molecule has 2 aromatic carbocycles. The van der Waals surface area contributed by atoms with Crippen molar-refractivity contribution >= 4 is 17.6 Å². The number of hydrogen-bond donors (Lipinski definition) is 1. The smallest absolute Gasteiger partial charge is 0.318 e. The van der Waals surface area contributed by atoms with Gasteiger partial charge in [0.15, 0.2) is 11.5 Å². The van der Waals surface area contributed by atoms with Crippen molar-refractivity contribution in [2.75, 3.05) is 24.7 Å². The van der Waals surface area contributed by atoms with Gasteiger partial charge in [0.1, 0.15) is 13.2 Å². The van der Waals surface area contributed by atoms with Crippen molar-refractivity contribution in [3.63, 3.8) is 0 Å². The Morgan fingerprint density at radius 1 is 1.13 bits per heavy atom. The normalized spacial score (nSPS) is 17.9. The first-order chi connectivity index (χ1) is 14.5. The van der Waals surface area contributed by atoms with E-state index in [-0.39, 0.29) is 30.4 Å².